The van der Waals surface area contributed by atoms with Crippen LogP contribution in [0.25, 0.3) is 11.0 Å². The van der Waals surface area contributed by atoms with Gasteiger partial charge in [-0.2, -0.15) is 5.10 Å². The van der Waals surface area contributed by atoms with Crippen LogP contribution in [0.2, 0.25) is 0 Å². The topological polar surface area (TPSA) is 104 Å². The monoisotopic (exact) mass is 494 g/mol. The highest BCUT2D eigenvalue weighted by atomic mass is 32.2. The highest BCUT2D eigenvalue weighted by Crippen LogP contribution is 2.33. The van der Waals surface area contributed by atoms with Gasteiger partial charge in [0.1, 0.15) is 16.9 Å². The lowest BCUT2D eigenvalue weighted by atomic mass is 10.1. The summed E-state index contributed by atoms with van der Waals surface area (Å²) < 4.78 is 6.15. The number of carbonyl (C=O) groups is 1. The number of pyridine rings is 1. The van der Waals surface area contributed by atoms with Gasteiger partial charge in [0.25, 0.3) is 5.91 Å². The average molecular weight is 495 g/mol. The summed E-state index contributed by atoms with van der Waals surface area (Å²) in [4.78, 5) is 17.9. The minimum atomic E-state index is -0.211. The van der Waals surface area contributed by atoms with E-state index in [1.165, 1.54) is 11.8 Å². The molecule has 1 aliphatic heterocycles. The molecular formula is C26H34N6O2S. The maximum absolute atomic E-state index is 12.5. The summed E-state index contributed by atoms with van der Waals surface area (Å²) in [7, 11) is 0. The summed E-state index contributed by atoms with van der Waals surface area (Å²) >= 11 is 1.43. The molecule has 1 saturated heterocycles. The van der Waals surface area contributed by atoms with E-state index in [0.29, 0.717) is 33.8 Å². The van der Waals surface area contributed by atoms with Crippen LogP contribution in [-0.2, 0) is 0 Å². The molecule has 2 aromatic heterocycles. The molecular weight excluding hydrogens is 460 g/mol. The van der Waals surface area contributed by atoms with Gasteiger partial charge in [0.2, 0.25) is 0 Å². The number of ether oxygens (including phenoxy) is 1. The number of hydrogen-bond donors (Lipinski definition) is 4. The second kappa shape index (κ2) is 13.0. The van der Waals surface area contributed by atoms with Crippen molar-refractivity contribution >= 4 is 34.5 Å². The number of fused-ring (bicyclic) bond motifs is 1. The third-order valence-electron chi connectivity index (χ3n) is 5.35. The van der Waals surface area contributed by atoms with Gasteiger partial charge >= 0.3 is 0 Å². The molecule has 0 saturated carbocycles. The first-order chi connectivity index (χ1) is 17.0. The lowest BCUT2D eigenvalue weighted by Crippen LogP contribution is -2.38. The summed E-state index contributed by atoms with van der Waals surface area (Å²) in [6.07, 6.45) is 5.86. The van der Waals surface area contributed by atoms with Gasteiger partial charge < -0.3 is 20.7 Å². The molecule has 1 fully saturated rings. The summed E-state index contributed by atoms with van der Waals surface area (Å²) in [5, 5.41) is 18.5. The standard InChI is InChI=1S/C24H28N6O2S.C2H6/c1-4-15(2)33-16(3)27-24(31)17-7-9-19(10-8-17)32-20-11-13-26-22-21(20)23(30-29-22)28-18-6-5-12-25-14-18;1-2/h4,7-11,13,18,25H,3,5-6,12,14H2,1-2H3,(H,27,31)(H2,26,28,29,30);1-2H3/b15-4-;. The summed E-state index contributed by atoms with van der Waals surface area (Å²) in [5.41, 5.74) is 1.18. The van der Waals surface area contributed by atoms with Crippen LogP contribution in [0.3, 0.4) is 0 Å². The third kappa shape index (κ3) is 7.10. The van der Waals surface area contributed by atoms with Gasteiger partial charge in [-0.05, 0) is 62.4 Å². The number of anilines is 1. The molecule has 0 aliphatic carbocycles. The number of nitrogens with one attached hydrogen (secondary N) is 4. The predicted octanol–water partition coefficient (Wildman–Crippen LogP) is 5.80. The molecule has 9 heteroatoms. The van der Waals surface area contributed by atoms with Crippen LogP contribution < -0.4 is 20.7 Å². The summed E-state index contributed by atoms with van der Waals surface area (Å²) in [5.74, 6) is 1.77. The molecule has 1 amide bonds. The van der Waals surface area contributed by atoms with Crippen LogP contribution in [0.4, 0.5) is 5.82 Å². The number of hydrogen-bond acceptors (Lipinski definition) is 7. The second-order valence-corrected chi connectivity index (χ2v) is 9.14. The van der Waals surface area contributed by atoms with E-state index >= 15 is 0 Å². The molecule has 186 valence electrons. The maximum Gasteiger partial charge on any atom is 0.256 e. The van der Waals surface area contributed by atoms with Crippen LogP contribution in [0.15, 0.2) is 59.1 Å². The Kier molecular flexibility index (Phi) is 9.75. The molecule has 1 aromatic carbocycles. The summed E-state index contributed by atoms with van der Waals surface area (Å²) in [6.45, 7) is 13.8. The Hall–Kier alpha value is -3.30. The van der Waals surface area contributed by atoms with E-state index in [0.717, 1.165) is 42.0 Å². The lowest BCUT2D eigenvalue weighted by molar-refractivity contribution is 0.0969. The van der Waals surface area contributed by atoms with Gasteiger partial charge in [-0.3, -0.25) is 9.89 Å². The number of carbonyl (C=O) groups excluding carboxylic acids is 1. The molecule has 1 aliphatic rings. The fourth-order valence-corrected chi connectivity index (χ4v) is 4.21. The van der Waals surface area contributed by atoms with Crippen molar-refractivity contribution in [1.82, 2.24) is 25.8 Å². The van der Waals surface area contributed by atoms with E-state index in [1.807, 2.05) is 39.8 Å². The van der Waals surface area contributed by atoms with E-state index < -0.39 is 0 Å². The van der Waals surface area contributed by atoms with Gasteiger partial charge in [-0.25, -0.2) is 4.98 Å². The number of aromatic amines is 1. The Morgan fingerprint density at radius 2 is 2.03 bits per heavy atom. The number of rotatable bonds is 8. The number of aromatic nitrogens is 3. The van der Waals surface area contributed by atoms with Crippen molar-refractivity contribution < 1.29 is 9.53 Å². The highest BCUT2D eigenvalue weighted by molar-refractivity contribution is 8.06. The van der Waals surface area contributed by atoms with Crippen molar-refractivity contribution in [1.29, 1.82) is 0 Å². The fourth-order valence-electron chi connectivity index (χ4n) is 3.56. The Labute approximate surface area is 211 Å². The van der Waals surface area contributed by atoms with E-state index in [9.17, 15) is 4.79 Å². The van der Waals surface area contributed by atoms with Crippen LogP contribution in [0, 0.1) is 0 Å². The first-order valence-corrected chi connectivity index (χ1v) is 12.7. The number of nitrogens with zero attached hydrogens (tertiary/aromatic N) is 2. The smallest absolute Gasteiger partial charge is 0.256 e. The molecule has 1 unspecified atom stereocenters. The number of thioether (sulfide) groups is 1. The Balaban J connectivity index is 0.00000167. The van der Waals surface area contributed by atoms with Gasteiger partial charge in [-0.15, -0.1) is 0 Å². The second-order valence-electron chi connectivity index (χ2n) is 7.80. The van der Waals surface area contributed by atoms with E-state index in [4.69, 9.17) is 4.74 Å². The van der Waals surface area contributed by atoms with Crippen molar-refractivity contribution in [2.45, 2.75) is 46.6 Å². The van der Waals surface area contributed by atoms with Gasteiger partial charge in [0, 0.05) is 30.4 Å². The molecule has 3 heterocycles. The number of allylic oxidation sites excluding steroid dienone is 2. The molecule has 4 N–H and O–H groups in total. The quantitative estimate of drug-likeness (QED) is 0.314. The maximum atomic E-state index is 12.5. The number of benzene rings is 1. The molecule has 35 heavy (non-hydrogen) atoms. The van der Waals surface area contributed by atoms with Crippen LogP contribution in [-0.4, -0.2) is 40.2 Å². The van der Waals surface area contributed by atoms with Crippen molar-refractivity contribution in [2.75, 3.05) is 18.4 Å². The van der Waals surface area contributed by atoms with Gasteiger partial charge in [0.05, 0.1) is 5.03 Å². The Morgan fingerprint density at radius 1 is 1.26 bits per heavy atom. The van der Waals surface area contributed by atoms with Crippen molar-refractivity contribution in [3.63, 3.8) is 0 Å². The average Bonchev–Trinajstić information content (AvgIpc) is 3.29. The molecule has 8 nitrogen and oxygen atoms in total. The predicted molar refractivity (Wildman–Crippen MR) is 145 cm³/mol. The number of piperidine rings is 1. The number of H-pyrrole nitrogens is 1. The van der Waals surface area contributed by atoms with E-state index in [2.05, 4.69) is 37.7 Å². The molecule has 0 spiro atoms. The molecule has 0 radical (unpaired) electrons. The van der Waals surface area contributed by atoms with Crippen LogP contribution in [0.1, 0.15) is 50.9 Å². The van der Waals surface area contributed by atoms with Crippen LogP contribution in [0.5, 0.6) is 11.5 Å². The molecule has 1 atom stereocenters. The Morgan fingerprint density at radius 3 is 2.71 bits per heavy atom. The van der Waals surface area contributed by atoms with Gasteiger partial charge in [-0.1, -0.05) is 38.3 Å². The third-order valence-corrected chi connectivity index (χ3v) is 6.25. The normalized spacial score (nSPS) is 15.7. The molecule has 0 bridgehead atoms. The molecule has 4 rings (SSSR count). The summed E-state index contributed by atoms with van der Waals surface area (Å²) in [6, 6.07) is 9.12. The lowest BCUT2D eigenvalue weighted by Gasteiger charge is -2.23. The Bertz CT molecular complexity index is 1170. The van der Waals surface area contributed by atoms with Crippen molar-refractivity contribution in [3.05, 3.63) is 64.7 Å². The van der Waals surface area contributed by atoms with Crippen molar-refractivity contribution in [3.8, 4) is 11.5 Å². The fraction of sp³-hybridized carbons (Fsp3) is 0.346. The first kappa shape index (κ1) is 26.3. The first-order valence-electron chi connectivity index (χ1n) is 11.9. The zero-order valence-electron chi connectivity index (χ0n) is 20.8. The largest absolute Gasteiger partial charge is 0.456 e. The van der Waals surface area contributed by atoms with Crippen molar-refractivity contribution in [2.24, 2.45) is 0 Å². The SMILES string of the molecule is C=C(NC(=O)c1ccc(Oc2ccnc3[nH]nc(NC4CCCNC4)c23)cc1)S/C(C)=C\C.CC. The molecule has 3 aromatic rings. The van der Waals surface area contributed by atoms with E-state index in [-0.39, 0.29) is 5.91 Å². The minimum absolute atomic E-state index is 0.211. The minimum Gasteiger partial charge on any atom is -0.456 e. The van der Waals surface area contributed by atoms with Crippen LogP contribution >= 0.6 is 11.8 Å². The van der Waals surface area contributed by atoms with Gasteiger partial charge in [0.15, 0.2) is 11.5 Å². The zero-order chi connectivity index (χ0) is 25.2. The zero-order valence-corrected chi connectivity index (χ0v) is 21.6. The number of amides is 1. The van der Waals surface area contributed by atoms with E-state index in [1.54, 1.807) is 30.5 Å². The highest BCUT2D eigenvalue weighted by Gasteiger charge is 2.18.